The molecule has 0 fully saturated rings. The van der Waals surface area contributed by atoms with Gasteiger partial charge < -0.3 is 4.74 Å². The van der Waals surface area contributed by atoms with Crippen LogP contribution in [0.3, 0.4) is 0 Å². The van der Waals surface area contributed by atoms with Crippen molar-refractivity contribution in [1.82, 2.24) is 4.98 Å². The predicted octanol–water partition coefficient (Wildman–Crippen LogP) is 5.91. The maximum Gasteiger partial charge on any atom is 0.222 e. The van der Waals surface area contributed by atoms with Gasteiger partial charge in [0.15, 0.2) is 0 Å². The summed E-state index contributed by atoms with van der Waals surface area (Å²) in [4.78, 5) is 4.49. The summed E-state index contributed by atoms with van der Waals surface area (Å²) in [7, 11) is 0. The number of aromatic nitrogens is 1. The number of rotatable bonds is 6. The predicted molar refractivity (Wildman–Crippen MR) is 93.3 cm³/mol. The molecule has 0 aliphatic heterocycles. The van der Waals surface area contributed by atoms with Crippen molar-refractivity contribution in [1.29, 1.82) is 0 Å². The van der Waals surface area contributed by atoms with Crippen molar-refractivity contribution < 1.29 is 4.74 Å². The molecule has 0 atom stereocenters. The zero-order valence-corrected chi connectivity index (χ0v) is 14.6. The Morgan fingerprint density at radius 1 is 1.14 bits per heavy atom. The van der Waals surface area contributed by atoms with Gasteiger partial charge in [-0.15, -0.1) is 0 Å². The molecule has 0 aliphatic carbocycles. The molecule has 2 nitrogen and oxygen atoms in total. The first-order valence-corrected chi connectivity index (χ1v) is 8.42. The highest BCUT2D eigenvalue weighted by atomic mass is 35.5. The highest BCUT2D eigenvalue weighted by molar-refractivity contribution is 6.32. The Hall–Kier alpha value is -1.54. The van der Waals surface area contributed by atoms with E-state index in [-0.39, 0.29) is 0 Å². The fourth-order valence-electron chi connectivity index (χ4n) is 2.64. The number of nitrogens with zero attached hydrogens (tertiary/aromatic N) is 1. The lowest BCUT2D eigenvalue weighted by atomic mass is 9.99. The van der Waals surface area contributed by atoms with Crippen LogP contribution in [0.25, 0.3) is 0 Å². The molecule has 0 aliphatic rings. The third-order valence-electron chi connectivity index (χ3n) is 3.99. The van der Waals surface area contributed by atoms with Gasteiger partial charge in [0.05, 0.1) is 5.02 Å². The zero-order chi connectivity index (χ0) is 16.1. The van der Waals surface area contributed by atoms with E-state index in [0.717, 1.165) is 31.2 Å². The van der Waals surface area contributed by atoms with Crippen molar-refractivity contribution in [3.05, 3.63) is 51.7 Å². The lowest BCUT2D eigenvalue weighted by Gasteiger charge is -2.15. The van der Waals surface area contributed by atoms with E-state index in [1.165, 1.54) is 16.7 Å². The van der Waals surface area contributed by atoms with Gasteiger partial charge in [-0.1, -0.05) is 44.9 Å². The van der Waals surface area contributed by atoms with Gasteiger partial charge in [0.1, 0.15) is 5.75 Å². The lowest BCUT2D eigenvalue weighted by Crippen LogP contribution is -2.02. The summed E-state index contributed by atoms with van der Waals surface area (Å²) in [5.41, 5.74) is 4.99. The second-order valence-corrected chi connectivity index (χ2v) is 5.92. The Morgan fingerprint density at radius 2 is 1.91 bits per heavy atom. The van der Waals surface area contributed by atoms with Crippen LogP contribution in [-0.2, 0) is 19.3 Å². The van der Waals surface area contributed by atoms with Gasteiger partial charge in [0.25, 0.3) is 0 Å². The molecular formula is C19H24ClNO. The average Bonchev–Trinajstić information content (AvgIpc) is 2.53. The van der Waals surface area contributed by atoms with Crippen LogP contribution >= 0.6 is 11.6 Å². The van der Waals surface area contributed by atoms with E-state index in [1.807, 2.05) is 24.4 Å². The zero-order valence-electron chi connectivity index (χ0n) is 13.9. The summed E-state index contributed by atoms with van der Waals surface area (Å²) < 4.78 is 5.98. The van der Waals surface area contributed by atoms with Crippen LogP contribution in [-0.4, -0.2) is 4.98 Å². The molecule has 3 heteroatoms. The van der Waals surface area contributed by atoms with Crippen LogP contribution in [0.15, 0.2) is 24.4 Å². The minimum absolute atomic E-state index is 0.636. The summed E-state index contributed by atoms with van der Waals surface area (Å²) in [5, 5.41) is 0.636. The lowest BCUT2D eigenvalue weighted by molar-refractivity contribution is 0.457. The Labute approximate surface area is 138 Å². The van der Waals surface area contributed by atoms with E-state index < -0.39 is 0 Å². The Bertz CT molecular complexity index is 652. The maximum absolute atomic E-state index is 6.32. The topological polar surface area (TPSA) is 22.1 Å². The van der Waals surface area contributed by atoms with Crippen LogP contribution in [0.2, 0.25) is 5.02 Å². The van der Waals surface area contributed by atoms with Gasteiger partial charge in [-0.25, -0.2) is 4.98 Å². The van der Waals surface area contributed by atoms with Crippen LogP contribution in [0.5, 0.6) is 11.6 Å². The molecule has 0 unspecified atom stereocenters. The summed E-state index contributed by atoms with van der Waals surface area (Å²) in [6.45, 7) is 8.55. The minimum atomic E-state index is 0.636. The average molecular weight is 318 g/mol. The maximum atomic E-state index is 6.32. The number of pyridine rings is 1. The number of hydrogen-bond donors (Lipinski definition) is 0. The molecule has 1 aromatic carbocycles. The van der Waals surface area contributed by atoms with Crippen molar-refractivity contribution in [3.8, 4) is 11.6 Å². The number of aryl methyl sites for hydroxylation is 2. The van der Waals surface area contributed by atoms with Crippen molar-refractivity contribution in [2.75, 3.05) is 0 Å². The molecule has 1 heterocycles. The van der Waals surface area contributed by atoms with Crippen molar-refractivity contribution >= 4 is 11.6 Å². The monoisotopic (exact) mass is 317 g/mol. The molecule has 0 bridgehead atoms. The summed E-state index contributed by atoms with van der Waals surface area (Å²) in [5.74, 6) is 1.33. The summed E-state index contributed by atoms with van der Waals surface area (Å²) in [6, 6.07) is 5.93. The van der Waals surface area contributed by atoms with E-state index in [9.17, 15) is 0 Å². The van der Waals surface area contributed by atoms with E-state index in [0.29, 0.717) is 16.7 Å². The largest absolute Gasteiger partial charge is 0.437 e. The van der Waals surface area contributed by atoms with Gasteiger partial charge in [0, 0.05) is 11.8 Å². The van der Waals surface area contributed by atoms with E-state index >= 15 is 0 Å². The van der Waals surface area contributed by atoms with Crippen molar-refractivity contribution in [3.63, 3.8) is 0 Å². The molecule has 0 saturated heterocycles. The number of halogens is 1. The third-order valence-corrected chi connectivity index (χ3v) is 4.29. The van der Waals surface area contributed by atoms with Gasteiger partial charge in [-0.05, 0) is 55.0 Å². The van der Waals surface area contributed by atoms with Crippen LogP contribution in [0.1, 0.15) is 49.4 Å². The third kappa shape index (κ3) is 3.61. The summed E-state index contributed by atoms with van der Waals surface area (Å²) >= 11 is 6.32. The Morgan fingerprint density at radius 3 is 2.50 bits per heavy atom. The molecule has 0 amide bonds. The van der Waals surface area contributed by atoms with Gasteiger partial charge >= 0.3 is 0 Å². The van der Waals surface area contributed by atoms with E-state index in [4.69, 9.17) is 16.3 Å². The number of benzene rings is 1. The molecule has 0 saturated carbocycles. The highest BCUT2D eigenvalue weighted by Crippen LogP contribution is 2.32. The van der Waals surface area contributed by atoms with Crippen molar-refractivity contribution in [2.45, 2.75) is 53.4 Å². The fourth-order valence-corrected chi connectivity index (χ4v) is 2.88. The van der Waals surface area contributed by atoms with Gasteiger partial charge in [-0.3, -0.25) is 0 Å². The highest BCUT2D eigenvalue weighted by Gasteiger charge is 2.13. The molecule has 0 spiro atoms. The Balaban J connectivity index is 2.35. The molecule has 0 N–H and O–H groups in total. The van der Waals surface area contributed by atoms with Crippen LogP contribution < -0.4 is 4.74 Å². The molecule has 118 valence electrons. The standard InChI is InChI=1S/C19H24ClNO/c1-5-8-16-13(4)19(21-12-15(16)7-3)22-18-10-9-14(6-2)11-17(18)20/h9-12H,5-8H2,1-4H3. The second-order valence-electron chi connectivity index (χ2n) is 5.52. The number of hydrogen-bond acceptors (Lipinski definition) is 2. The smallest absolute Gasteiger partial charge is 0.222 e. The van der Waals surface area contributed by atoms with E-state index in [1.54, 1.807) is 0 Å². The molecule has 0 radical (unpaired) electrons. The summed E-state index contributed by atoms with van der Waals surface area (Å²) in [6.07, 6.45) is 6.06. The van der Waals surface area contributed by atoms with Crippen LogP contribution in [0, 0.1) is 6.92 Å². The van der Waals surface area contributed by atoms with Gasteiger partial charge in [-0.2, -0.15) is 0 Å². The van der Waals surface area contributed by atoms with E-state index in [2.05, 4.69) is 32.7 Å². The van der Waals surface area contributed by atoms with Crippen molar-refractivity contribution in [2.24, 2.45) is 0 Å². The first kappa shape index (κ1) is 16.8. The minimum Gasteiger partial charge on any atom is -0.437 e. The molecule has 2 aromatic rings. The van der Waals surface area contributed by atoms with Crippen LogP contribution in [0.4, 0.5) is 0 Å². The molecular weight excluding hydrogens is 294 g/mol. The molecule has 22 heavy (non-hydrogen) atoms. The quantitative estimate of drug-likeness (QED) is 0.660. The fraction of sp³-hybridized carbons (Fsp3) is 0.421. The molecule has 2 rings (SSSR count). The SMILES string of the molecule is CCCc1c(CC)cnc(Oc2ccc(CC)cc2Cl)c1C. The number of ether oxygens (including phenoxy) is 1. The second kappa shape index (κ2) is 7.64. The van der Waals surface area contributed by atoms with Gasteiger partial charge in [0.2, 0.25) is 5.88 Å². The Kier molecular flexibility index (Phi) is 5.84. The first-order chi connectivity index (χ1) is 10.6. The first-order valence-electron chi connectivity index (χ1n) is 8.04. The molecule has 1 aromatic heterocycles. The normalized spacial score (nSPS) is 10.8.